The number of aromatic nitrogens is 1. The normalized spacial score (nSPS) is 15.4. The summed E-state index contributed by atoms with van der Waals surface area (Å²) in [6, 6.07) is 2.23. The van der Waals surface area contributed by atoms with Crippen molar-refractivity contribution in [1.82, 2.24) is 4.98 Å². The van der Waals surface area contributed by atoms with Crippen LogP contribution in [0.15, 0.2) is 0 Å². The van der Waals surface area contributed by atoms with Crippen LogP contribution < -0.4 is 0 Å². The Morgan fingerprint density at radius 3 is 3.00 bits per heavy atom. The van der Waals surface area contributed by atoms with E-state index in [1.165, 1.54) is 28.4 Å². The second-order valence-corrected chi connectivity index (χ2v) is 5.49. The largest absolute Gasteiger partial charge is 0.245 e. The van der Waals surface area contributed by atoms with Gasteiger partial charge in [-0.25, -0.2) is 4.98 Å². The number of hydrogen-bond donors (Lipinski definition) is 0. The van der Waals surface area contributed by atoms with Gasteiger partial charge in [-0.3, -0.25) is 0 Å². The maximum Gasteiger partial charge on any atom is 0.103 e. The van der Waals surface area contributed by atoms with Crippen molar-refractivity contribution in [1.29, 1.82) is 5.26 Å². The molecular formula is C10H12N2S2. The summed E-state index contributed by atoms with van der Waals surface area (Å²) >= 11 is 3.51. The minimum atomic E-state index is 0.540. The summed E-state index contributed by atoms with van der Waals surface area (Å²) in [6.07, 6.45) is 5.15. The topological polar surface area (TPSA) is 36.7 Å². The molecule has 0 unspecified atom stereocenters. The molecule has 0 spiro atoms. The van der Waals surface area contributed by atoms with Crippen molar-refractivity contribution >= 4 is 23.1 Å². The highest BCUT2D eigenvalue weighted by Crippen LogP contribution is 2.43. The molecule has 1 aliphatic rings. The fraction of sp³-hybridized carbons (Fsp3) is 0.600. The lowest BCUT2D eigenvalue weighted by Gasteiger charge is -1.92. The minimum Gasteiger partial charge on any atom is -0.245 e. The van der Waals surface area contributed by atoms with E-state index >= 15 is 0 Å². The van der Waals surface area contributed by atoms with Crippen LogP contribution in [0.3, 0.4) is 0 Å². The number of thioether (sulfide) groups is 1. The smallest absolute Gasteiger partial charge is 0.103 e. The molecule has 1 aromatic heterocycles. The minimum absolute atomic E-state index is 0.540. The standard InChI is InChI=1S/C10H12N2S2/c1-13-6-9-12-10(7-2-3-7)8(14-9)4-5-11/h7H,2-4,6H2,1H3. The molecule has 0 atom stereocenters. The van der Waals surface area contributed by atoms with E-state index in [-0.39, 0.29) is 0 Å². The van der Waals surface area contributed by atoms with Gasteiger partial charge in [-0.15, -0.1) is 11.3 Å². The van der Waals surface area contributed by atoms with Crippen molar-refractivity contribution in [2.45, 2.75) is 30.9 Å². The molecule has 0 bridgehead atoms. The molecule has 74 valence electrons. The van der Waals surface area contributed by atoms with Crippen LogP contribution in [0.1, 0.15) is 34.3 Å². The quantitative estimate of drug-likeness (QED) is 0.789. The van der Waals surface area contributed by atoms with E-state index in [1.54, 1.807) is 23.1 Å². The van der Waals surface area contributed by atoms with Crippen LogP contribution in [0, 0.1) is 11.3 Å². The van der Waals surface area contributed by atoms with Crippen molar-refractivity contribution in [2.75, 3.05) is 6.26 Å². The van der Waals surface area contributed by atoms with Gasteiger partial charge >= 0.3 is 0 Å². The number of thiazole rings is 1. The first kappa shape index (κ1) is 10.0. The molecule has 0 radical (unpaired) electrons. The number of nitriles is 1. The van der Waals surface area contributed by atoms with Gasteiger partial charge in [0, 0.05) is 16.5 Å². The van der Waals surface area contributed by atoms with Gasteiger partial charge in [0.15, 0.2) is 0 Å². The van der Waals surface area contributed by atoms with Gasteiger partial charge in [0.25, 0.3) is 0 Å². The SMILES string of the molecule is CSCc1nc(C2CC2)c(CC#N)s1. The zero-order valence-corrected chi connectivity index (χ0v) is 9.75. The van der Waals surface area contributed by atoms with Crippen LogP contribution in [-0.4, -0.2) is 11.2 Å². The molecule has 4 heteroatoms. The van der Waals surface area contributed by atoms with E-state index in [0.717, 1.165) is 5.75 Å². The maximum absolute atomic E-state index is 8.71. The third kappa shape index (κ3) is 2.10. The third-order valence-corrected chi connectivity index (χ3v) is 4.06. The molecule has 2 rings (SSSR count). The molecule has 0 N–H and O–H groups in total. The molecule has 0 aromatic carbocycles. The zero-order valence-electron chi connectivity index (χ0n) is 8.12. The molecule has 1 aromatic rings. The second-order valence-electron chi connectivity index (χ2n) is 3.46. The van der Waals surface area contributed by atoms with Gasteiger partial charge in [0.05, 0.1) is 18.2 Å². The van der Waals surface area contributed by atoms with Crippen LogP contribution in [0.2, 0.25) is 0 Å². The number of nitrogens with zero attached hydrogens (tertiary/aromatic N) is 2. The van der Waals surface area contributed by atoms with Crippen LogP contribution >= 0.6 is 23.1 Å². The second kappa shape index (κ2) is 4.33. The monoisotopic (exact) mass is 224 g/mol. The average molecular weight is 224 g/mol. The molecule has 0 amide bonds. The summed E-state index contributed by atoms with van der Waals surface area (Å²) in [6.45, 7) is 0. The summed E-state index contributed by atoms with van der Waals surface area (Å²) in [5.41, 5.74) is 1.22. The first-order valence-corrected chi connectivity index (χ1v) is 6.90. The predicted octanol–water partition coefficient (Wildman–Crippen LogP) is 2.95. The highest BCUT2D eigenvalue weighted by Gasteiger charge is 2.29. The zero-order chi connectivity index (χ0) is 9.97. The molecule has 14 heavy (non-hydrogen) atoms. The highest BCUT2D eigenvalue weighted by atomic mass is 32.2. The van der Waals surface area contributed by atoms with Crippen molar-refractivity contribution in [2.24, 2.45) is 0 Å². The Morgan fingerprint density at radius 2 is 2.43 bits per heavy atom. The lowest BCUT2D eigenvalue weighted by Crippen LogP contribution is -1.86. The molecular weight excluding hydrogens is 212 g/mol. The van der Waals surface area contributed by atoms with E-state index in [4.69, 9.17) is 5.26 Å². The molecule has 1 heterocycles. The fourth-order valence-corrected chi connectivity index (χ4v) is 3.26. The van der Waals surface area contributed by atoms with Gasteiger partial charge in [-0.05, 0) is 19.1 Å². The molecule has 1 fully saturated rings. The first-order chi connectivity index (χ1) is 6.85. The highest BCUT2D eigenvalue weighted by molar-refractivity contribution is 7.97. The van der Waals surface area contributed by atoms with Crippen molar-refractivity contribution in [3.8, 4) is 6.07 Å². The Bertz CT molecular complexity index is 361. The summed E-state index contributed by atoms with van der Waals surface area (Å²) in [7, 11) is 0. The predicted molar refractivity (Wildman–Crippen MR) is 60.6 cm³/mol. The van der Waals surface area contributed by atoms with E-state index in [0.29, 0.717) is 12.3 Å². The lowest BCUT2D eigenvalue weighted by atomic mass is 10.2. The lowest BCUT2D eigenvalue weighted by molar-refractivity contribution is 1.00. The summed E-state index contributed by atoms with van der Waals surface area (Å²) in [4.78, 5) is 5.83. The van der Waals surface area contributed by atoms with Gasteiger partial charge in [-0.1, -0.05) is 0 Å². The van der Waals surface area contributed by atoms with Crippen molar-refractivity contribution < 1.29 is 0 Å². The third-order valence-electron chi connectivity index (χ3n) is 2.24. The van der Waals surface area contributed by atoms with Gasteiger partial charge in [0.2, 0.25) is 0 Å². The van der Waals surface area contributed by atoms with Crippen LogP contribution in [0.5, 0.6) is 0 Å². The average Bonchev–Trinajstić information content (AvgIpc) is 2.92. The Hall–Kier alpha value is -0.530. The van der Waals surface area contributed by atoms with Crippen LogP contribution in [0.4, 0.5) is 0 Å². The van der Waals surface area contributed by atoms with Gasteiger partial charge in [0.1, 0.15) is 5.01 Å². The van der Waals surface area contributed by atoms with E-state index < -0.39 is 0 Å². The van der Waals surface area contributed by atoms with E-state index in [2.05, 4.69) is 17.3 Å². The fourth-order valence-electron chi connectivity index (χ4n) is 1.47. The Labute approximate surface area is 92.4 Å². The molecule has 1 aliphatic carbocycles. The van der Waals surface area contributed by atoms with Gasteiger partial charge in [-0.2, -0.15) is 17.0 Å². The Kier molecular flexibility index (Phi) is 3.09. The molecule has 0 saturated heterocycles. The van der Waals surface area contributed by atoms with E-state index in [1.807, 2.05) is 0 Å². The molecule has 0 aliphatic heterocycles. The van der Waals surface area contributed by atoms with Gasteiger partial charge < -0.3 is 0 Å². The maximum atomic E-state index is 8.71. The van der Waals surface area contributed by atoms with Crippen molar-refractivity contribution in [3.63, 3.8) is 0 Å². The number of hydrogen-bond acceptors (Lipinski definition) is 4. The summed E-state index contributed by atoms with van der Waals surface area (Å²) in [5.74, 6) is 1.65. The Morgan fingerprint density at radius 1 is 1.64 bits per heavy atom. The van der Waals surface area contributed by atoms with Crippen LogP contribution in [-0.2, 0) is 12.2 Å². The number of rotatable bonds is 4. The summed E-state index contributed by atoms with van der Waals surface area (Å²) < 4.78 is 0. The Balaban J connectivity index is 2.22. The van der Waals surface area contributed by atoms with E-state index in [9.17, 15) is 0 Å². The first-order valence-electron chi connectivity index (χ1n) is 4.69. The molecule has 2 nitrogen and oxygen atoms in total. The van der Waals surface area contributed by atoms with Crippen LogP contribution in [0.25, 0.3) is 0 Å². The molecule has 1 saturated carbocycles. The van der Waals surface area contributed by atoms with Crippen molar-refractivity contribution in [3.05, 3.63) is 15.6 Å². The summed E-state index contributed by atoms with van der Waals surface area (Å²) in [5, 5.41) is 9.89.